The van der Waals surface area contributed by atoms with Crippen LogP contribution < -0.4 is 0 Å². The van der Waals surface area contributed by atoms with Crippen molar-refractivity contribution in [1.82, 2.24) is 0 Å². The van der Waals surface area contributed by atoms with Crippen molar-refractivity contribution < 1.29 is 27.2 Å². The Labute approximate surface area is 490 Å². The zero-order valence-electron chi connectivity index (χ0n) is 53.0. The molecule has 2 heteroatoms. The zero-order valence-corrected chi connectivity index (χ0v) is 54.6. The summed E-state index contributed by atoms with van der Waals surface area (Å²) in [7, 11) is 0. The second-order valence-corrected chi connectivity index (χ2v) is 23.2. The van der Waals surface area contributed by atoms with Gasteiger partial charge in [0.25, 0.3) is 0 Å². The topological polar surface area (TPSA) is 28.5 Å². The van der Waals surface area contributed by atoms with Crippen LogP contribution >= 0.6 is 0 Å². The molecule has 0 unspecified atom stereocenters. The van der Waals surface area contributed by atoms with E-state index in [0.717, 1.165) is 25.7 Å². The van der Waals surface area contributed by atoms with Crippen molar-refractivity contribution in [1.29, 1.82) is 0 Å². The molecule has 74 heavy (non-hydrogen) atoms. The largest absolute Gasteiger partial charge is 4.00 e. The molecule has 0 heterocycles. The van der Waals surface area contributed by atoms with E-state index < -0.39 is 0 Å². The van der Waals surface area contributed by atoms with Gasteiger partial charge in [-0.15, -0.1) is 0 Å². The fourth-order valence-electron chi connectivity index (χ4n) is 10.2. The Bertz CT molecular complexity index is 591. The summed E-state index contributed by atoms with van der Waals surface area (Å²) in [6.07, 6.45) is 91.3. The van der Waals surface area contributed by atoms with E-state index in [1.54, 1.807) is 0 Å². The third-order valence-corrected chi connectivity index (χ3v) is 15.4. The normalized spacial score (nSPS) is 10.7. The zero-order chi connectivity index (χ0) is 53.3. The van der Waals surface area contributed by atoms with Gasteiger partial charge in [-0.1, -0.05) is 413 Å². The third-order valence-electron chi connectivity index (χ3n) is 15.4. The molecule has 0 rings (SSSR count). The van der Waals surface area contributed by atoms with Crippen molar-refractivity contribution in [2.75, 3.05) is 0 Å². The Balaban J connectivity index is -0.000000206. The monoisotopic (exact) mass is 1080 g/mol. The van der Waals surface area contributed by atoms with Crippen LogP contribution in [-0.4, -0.2) is 0 Å². The minimum atomic E-state index is 0. The first kappa shape index (κ1) is 85.9. The van der Waals surface area contributed by atoms with E-state index in [2.05, 4.69) is 55.4 Å². The van der Waals surface area contributed by atoms with Crippen molar-refractivity contribution in [2.45, 2.75) is 439 Å². The smallest absolute Gasteiger partial charge is 2.00 e. The van der Waals surface area contributed by atoms with Crippen LogP contribution in [0.3, 0.4) is 0 Å². The summed E-state index contributed by atoms with van der Waals surface area (Å²) in [5, 5.41) is 0. The molecule has 0 aromatic rings. The van der Waals surface area contributed by atoms with Crippen molar-refractivity contribution in [3.63, 3.8) is 0 Å². The Morgan fingerprint density at radius 3 is 0.270 bits per heavy atom. The Hall–Kier alpha value is 0.674. The van der Waals surface area contributed by atoms with Crippen molar-refractivity contribution in [2.24, 2.45) is 0 Å². The van der Waals surface area contributed by atoms with E-state index in [1.807, 2.05) is 0 Å². The van der Waals surface area contributed by atoms with Gasteiger partial charge in [0.2, 0.25) is 0 Å². The molecule has 0 aromatic heterocycles. The molecule has 0 aliphatic heterocycles. The summed E-state index contributed by atoms with van der Waals surface area (Å²) < 4.78 is 0. The van der Waals surface area contributed by atoms with Gasteiger partial charge in [-0.3, -0.25) is 0 Å². The standard InChI is InChI=1S/4C18H37.O.Ti/c4*1-3-5-7-9-11-13-15-17-18-16-14-12-10-8-6-4-2;;/h4*1,3-18H2,2H3;;/q4*-1;-2;+4. The number of rotatable bonds is 60. The first-order valence-corrected chi connectivity index (χ1v) is 34.8. The maximum absolute atomic E-state index is 3.88. The van der Waals surface area contributed by atoms with Crippen LogP contribution in [-0.2, 0) is 27.2 Å². The van der Waals surface area contributed by atoms with Crippen LogP contribution in [0.4, 0.5) is 0 Å². The molecule has 0 fully saturated rings. The van der Waals surface area contributed by atoms with E-state index in [4.69, 9.17) is 0 Å². The SMILES string of the molecule is [CH2-]CCCCCCCCCCCCCCCCC.[CH2-]CCCCCCCCCCCCCCCCC.[CH2-]CCCCCCCCCCCCCCCCC.[CH2-]CCCCCCCCCCCCCCCCC.[O-2].[Ti+4]. The Morgan fingerprint density at radius 1 is 0.135 bits per heavy atom. The minimum absolute atomic E-state index is 0. The van der Waals surface area contributed by atoms with Crippen LogP contribution in [0.15, 0.2) is 0 Å². The van der Waals surface area contributed by atoms with Crippen LogP contribution in [0.2, 0.25) is 0 Å². The van der Waals surface area contributed by atoms with Gasteiger partial charge in [-0.25, -0.2) is 0 Å². The van der Waals surface area contributed by atoms with Crippen molar-refractivity contribution >= 4 is 0 Å². The predicted octanol–water partition coefficient (Wildman–Crippen LogP) is 28.2. The summed E-state index contributed by atoms with van der Waals surface area (Å²) in [5.74, 6) is 0. The minimum Gasteiger partial charge on any atom is -2.00 e. The Morgan fingerprint density at radius 2 is 0.203 bits per heavy atom. The molecule has 448 valence electrons. The second kappa shape index (κ2) is 93.0. The van der Waals surface area contributed by atoms with Crippen LogP contribution in [0.25, 0.3) is 0 Å². The molecule has 0 bridgehead atoms. The van der Waals surface area contributed by atoms with Crippen molar-refractivity contribution in [3.8, 4) is 0 Å². The molecule has 0 saturated heterocycles. The quantitative estimate of drug-likeness (QED) is 0.0330. The van der Waals surface area contributed by atoms with Crippen molar-refractivity contribution in [3.05, 3.63) is 27.7 Å². The molecule has 0 N–H and O–H groups in total. The summed E-state index contributed by atoms with van der Waals surface area (Å²) in [4.78, 5) is 0. The van der Waals surface area contributed by atoms with Crippen LogP contribution in [0.1, 0.15) is 439 Å². The van der Waals surface area contributed by atoms with Gasteiger partial charge < -0.3 is 33.2 Å². The summed E-state index contributed by atoms with van der Waals surface area (Å²) in [5.41, 5.74) is 0. The molecule has 0 spiro atoms. The molecular weight excluding hydrogens is 929 g/mol. The molecule has 0 aliphatic rings. The second-order valence-electron chi connectivity index (χ2n) is 23.2. The van der Waals surface area contributed by atoms with Crippen LogP contribution in [0.5, 0.6) is 0 Å². The van der Waals surface area contributed by atoms with Gasteiger partial charge in [0.05, 0.1) is 0 Å². The molecular formula is C72H148OTi-2. The molecule has 0 aliphatic carbocycles. The molecule has 0 amide bonds. The van der Waals surface area contributed by atoms with E-state index in [0.29, 0.717) is 0 Å². The maximum atomic E-state index is 3.88. The van der Waals surface area contributed by atoms with E-state index >= 15 is 0 Å². The average Bonchev–Trinajstić information content (AvgIpc) is 3.39. The van der Waals surface area contributed by atoms with Gasteiger partial charge >= 0.3 is 21.7 Å². The fraction of sp³-hybridized carbons (Fsp3) is 0.944. The molecule has 0 saturated carbocycles. The Kier molecular flexibility index (Phi) is 108. The van der Waals surface area contributed by atoms with Gasteiger partial charge in [-0.05, 0) is 0 Å². The van der Waals surface area contributed by atoms with E-state index in [-0.39, 0.29) is 27.2 Å². The van der Waals surface area contributed by atoms with E-state index in [9.17, 15) is 0 Å². The summed E-state index contributed by atoms with van der Waals surface area (Å²) in [6, 6.07) is 0. The van der Waals surface area contributed by atoms with Gasteiger partial charge in [0, 0.05) is 0 Å². The van der Waals surface area contributed by atoms with Crippen LogP contribution in [0, 0.1) is 27.7 Å². The molecule has 0 atom stereocenters. The summed E-state index contributed by atoms with van der Waals surface area (Å²) >= 11 is 0. The molecule has 0 radical (unpaired) electrons. The van der Waals surface area contributed by atoms with Gasteiger partial charge in [0.15, 0.2) is 0 Å². The number of hydrogen-bond acceptors (Lipinski definition) is 0. The number of unbranched alkanes of at least 4 members (excludes halogenated alkanes) is 60. The average molecular weight is 1080 g/mol. The first-order valence-electron chi connectivity index (χ1n) is 34.8. The van der Waals surface area contributed by atoms with Gasteiger partial charge in [0.1, 0.15) is 0 Å². The maximum Gasteiger partial charge on any atom is 4.00 e. The predicted molar refractivity (Wildman–Crippen MR) is 340 cm³/mol. The molecule has 1 nitrogen and oxygen atoms in total. The molecule has 0 aromatic carbocycles. The van der Waals surface area contributed by atoms with E-state index in [1.165, 1.54) is 385 Å². The first-order chi connectivity index (χ1) is 35.7. The fourth-order valence-corrected chi connectivity index (χ4v) is 10.2. The number of hydrogen-bond donors (Lipinski definition) is 0. The van der Waals surface area contributed by atoms with Gasteiger partial charge in [-0.2, -0.15) is 25.7 Å². The third kappa shape index (κ3) is 101. The summed E-state index contributed by atoms with van der Waals surface area (Å²) in [6.45, 7) is 24.7.